The molecule has 0 spiro atoms. The van der Waals surface area contributed by atoms with Gasteiger partial charge in [-0.25, -0.2) is 0 Å². The van der Waals surface area contributed by atoms with Gasteiger partial charge >= 0.3 is 0 Å². The summed E-state index contributed by atoms with van der Waals surface area (Å²) in [6.45, 7) is 4.25. The van der Waals surface area contributed by atoms with Crippen molar-refractivity contribution in [3.8, 4) is 0 Å². The Balaban J connectivity index is 1.90. The van der Waals surface area contributed by atoms with Gasteiger partial charge in [-0.15, -0.1) is 0 Å². The highest BCUT2D eigenvalue weighted by Crippen LogP contribution is 2.35. The molecule has 1 aromatic heterocycles. The third kappa shape index (κ3) is 3.95. The number of rotatable bonds is 5. The molecule has 0 aromatic carbocycles. The van der Waals surface area contributed by atoms with E-state index in [1.165, 1.54) is 25.7 Å². The number of halogens is 1. The summed E-state index contributed by atoms with van der Waals surface area (Å²) in [7, 11) is 4.44. The van der Waals surface area contributed by atoms with Gasteiger partial charge in [-0.1, -0.05) is 19.8 Å². The van der Waals surface area contributed by atoms with Crippen LogP contribution < -0.4 is 5.32 Å². The third-order valence-electron chi connectivity index (χ3n) is 4.40. The molecule has 0 saturated heterocycles. The fourth-order valence-electron chi connectivity index (χ4n) is 3.22. The molecule has 1 saturated carbocycles. The van der Waals surface area contributed by atoms with Gasteiger partial charge in [0.1, 0.15) is 5.76 Å². The Morgan fingerprint density at radius 3 is 2.84 bits per heavy atom. The monoisotopic (exact) mass is 376 g/mol. The number of hydrogen-bond donors (Lipinski definition) is 1. The van der Waals surface area contributed by atoms with Gasteiger partial charge < -0.3 is 14.6 Å². The smallest absolute Gasteiger partial charge is 0.164 e. The Bertz CT molecular complexity index is 405. The second-order valence-corrected chi connectivity index (χ2v) is 7.19. The summed E-state index contributed by atoms with van der Waals surface area (Å²) in [6.07, 6.45) is 5.32. The Kier molecular flexibility index (Phi) is 5.31. The van der Waals surface area contributed by atoms with Crippen LogP contribution in [0, 0.1) is 9.68 Å². The highest BCUT2D eigenvalue weighted by Gasteiger charge is 2.36. The molecule has 2 unspecified atom stereocenters. The van der Waals surface area contributed by atoms with E-state index in [0.717, 1.165) is 28.5 Å². The standard InChI is InChI=1S/C15H25IN2O/c1-12-5-4-8-15(9-12,18(2)3)11-17-10-13-6-7-14(16)19-13/h6-7,12,17H,4-5,8-11H2,1-3H3. The first kappa shape index (κ1) is 15.3. The zero-order valence-corrected chi connectivity index (χ0v) is 14.4. The molecule has 1 aliphatic rings. The van der Waals surface area contributed by atoms with Crippen molar-refractivity contribution >= 4 is 22.6 Å². The zero-order chi connectivity index (χ0) is 13.9. The van der Waals surface area contributed by atoms with Crippen LogP contribution in [0.1, 0.15) is 38.4 Å². The summed E-state index contributed by atoms with van der Waals surface area (Å²) in [5.41, 5.74) is 0.317. The van der Waals surface area contributed by atoms with E-state index in [2.05, 4.69) is 59.9 Å². The summed E-state index contributed by atoms with van der Waals surface area (Å²) in [4.78, 5) is 2.42. The maximum absolute atomic E-state index is 5.60. The molecule has 1 fully saturated rings. The molecule has 0 amide bonds. The maximum Gasteiger partial charge on any atom is 0.164 e. The van der Waals surface area contributed by atoms with E-state index in [9.17, 15) is 0 Å². The lowest BCUT2D eigenvalue weighted by Crippen LogP contribution is -2.54. The fourth-order valence-corrected chi connectivity index (χ4v) is 3.68. The van der Waals surface area contributed by atoms with Crippen molar-refractivity contribution in [1.29, 1.82) is 0 Å². The molecule has 3 nitrogen and oxygen atoms in total. The average molecular weight is 376 g/mol. The molecule has 19 heavy (non-hydrogen) atoms. The Morgan fingerprint density at radius 2 is 2.26 bits per heavy atom. The summed E-state index contributed by atoms with van der Waals surface area (Å²) >= 11 is 2.21. The average Bonchev–Trinajstić information content (AvgIpc) is 2.75. The summed E-state index contributed by atoms with van der Waals surface area (Å²) < 4.78 is 6.56. The molecule has 4 heteroatoms. The third-order valence-corrected chi connectivity index (χ3v) is 4.98. The molecular formula is C15H25IN2O. The van der Waals surface area contributed by atoms with Crippen LogP contribution in [0.25, 0.3) is 0 Å². The summed E-state index contributed by atoms with van der Waals surface area (Å²) in [5.74, 6) is 1.87. The number of hydrogen-bond acceptors (Lipinski definition) is 3. The lowest BCUT2D eigenvalue weighted by molar-refractivity contribution is 0.0745. The van der Waals surface area contributed by atoms with E-state index in [4.69, 9.17) is 4.42 Å². The van der Waals surface area contributed by atoms with Crippen molar-refractivity contribution < 1.29 is 4.42 Å². The van der Waals surface area contributed by atoms with Crippen molar-refractivity contribution in [2.75, 3.05) is 20.6 Å². The summed E-state index contributed by atoms with van der Waals surface area (Å²) in [5, 5.41) is 3.59. The van der Waals surface area contributed by atoms with Crippen molar-refractivity contribution in [3.05, 3.63) is 21.7 Å². The largest absolute Gasteiger partial charge is 0.454 e. The van der Waals surface area contributed by atoms with Gasteiger partial charge in [0.05, 0.1) is 6.54 Å². The van der Waals surface area contributed by atoms with E-state index in [-0.39, 0.29) is 0 Å². The lowest BCUT2D eigenvalue weighted by Gasteiger charge is -2.45. The van der Waals surface area contributed by atoms with E-state index >= 15 is 0 Å². The molecule has 1 heterocycles. The maximum atomic E-state index is 5.60. The van der Waals surface area contributed by atoms with Gasteiger partial charge in [0.2, 0.25) is 0 Å². The molecular weight excluding hydrogens is 351 g/mol. The Hall–Kier alpha value is -0.0700. The Morgan fingerprint density at radius 1 is 1.47 bits per heavy atom. The van der Waals surface area contributed by atoms with Crippen LogP contribution in [0.3, 0.4) is 0 Å². The number of nitrogens with one attached hydrogen (secondary N) is 1. The minimum atomic E-state index is 0.317. The number of nitrogens with zero attached hydrogens (tertiary/aromatic N) is 1. The molecule has 2 atom stereocenters. The van der Waals surface area contributed by atoms with Gasteiger partial charge in [0.25, 0.3) is 0 Å². The molecule has 108 valence electrons. The number of likely N-dealkylation sites (N-methyl/N-ethyl adjacent to an activating group) is 1. The highest BCUT2D eigenvalue weighted by molar-refractivity contribution is 14.1. The van der Waals surface area contributed by atoms with Crippen LogP contribution in [0.5, 0.6) is 0 Å². The van der Waals surface area contributed by atoms with Crippen LogP contribution in [0.4, 0.5) is 0 Å². The van der Waals surface area contributed by atoms with Crippen molar-refractivity contribution in [2.24, 2.45) is 5.92 Å². The number of furan rings is 1. The van der Waals surface area contributed by atoms with Gasteiger partial charge in [-0.05, 0) is 67.6 Å². The van der Waals surface area contributed by atoms with Crippen molar-refractivity contribution in [3.63, 3.8) is 0 Å². The van der Waals surface area contributed by atoms with Crippen LogP contribution >= 0.6 is 22.6 Å². The fraction of sp³-hybridized carbons (Fsp3) is 0.733. The summed E-state index contributed by atoms with van der Waals surface area (Å²) in [6, 6.07) is 4.07. The molecule has 2 rings (SSSR count). The molecule has 1 N–H and O–H groups in total. The van der Waals surface area contributed by atoms with E-state index in [0.29, 0.717) is 5.54 Å². The first-order chi connectivity index (χ1) is 9.02. The van der Waals surface area contributed by atoms with E-state index in [1.807, 2.05) is 6.07 Å². The highest BCUT2D eigenvalue weighted by atomic mass is 127. The van der Waals surface area contributed by atoms with Crippen molar-refractivity contribution in [2.45, 2.75) is 44.7 Å². The molecule has 1 aromatic rings. The van der Waals surface area contributed by atoms with Gasteiger partial charge in [-0.2, -0.15) is 0 Å². The predicted molar refractivity (Wildman–Crippen MR) is 87.2 cm³/mol. The van der Waals surface area contributed by atoms with Crippen LogP contribution in [-0.2, 0) is 6.54 Å². The molecule has 0 aliphatic heterocycles. The topological polar surface area (TPSA) is 28.4 Å². The van der Waals surface area contributed by atoms with Crippen LogP contribution in [0.15, 0.2) is 16.5 Å². The quantitative estimate of drug-likeness (QED) is 0.798. The second kappa shape index (κ2) is 6.59. The van der Waals surface area contributed by atoms with Gasteiger partial charge in [-0.3, -0.25) is 0 Å². The normalized spacial score (nSPS) is 27.9. The lowest BCUT2D eigenvalue weighted by atomic mass is 9.75. The van der Waals surface area contributed by atoms with E-state index in [1.54, 1.807) is 0 Å². The first-order valence-electron chi connectivity index (χ1n) is 7.14. The SMILES string of the molecule is CC1CCCC(CNCc2ccc(I)o2)(N(C)C)C1. The Labute approximate surface area is 130 Å². The van der Waals surface area contributed by atoms with Crippen LogP contribution in [-0.4, -0.2) is 31.1 Å². The van der Waals surface area contributed by atoms with Crippen LogP contribution in [0.2, 0.25) is 0 Å². The molecule has 1 aliphatic carbocycles. The first-order valence-corrected chi connectivity index (χ1v) is 8.22. The van der Waals surface area contributed by atoms with E-state index < -0.39 is 0 Å². The second-order valence-electron chi connectivity index (χ2n) is 6.13. The minimum absolute atomic E-state index is 0.317. The van der Waals surface area contributed by atoms with Crippen molar-refractivity contribution in [1.82, 2.24) is 10.2 Å². The molecule has 0 bridgehead atoms. The zero-order valence-electron chi connectivity index (χ0n) is 12.2. The van der Waals surface area contributed by atoms with Gasteiger partial charge in [0, 0.05) is 12.1 Å². The predicted octanol–water partition coefficient (Wildman–Crippen LogP) is 3.48. The minimum Gasteiger partial charge on any atom is -0.454 e. The molecule has 0 radical (unpaired) electrons. The van der Waals surface area contributed by atoms with Gasteiger partial charge in [0.15, 0.2) is 3.77 Å².